The number of aryl methyl sites for hydroxylation is 1. The molecule has 0 spiro atoms. The van der Waals surface area contributed by atoms with Crippen molar-refractivity contribution >= 4 is 0 Å². The monoisotopic (exact) mass is 221 g/mol. The average Bonchev–Trinajstić information content (AvgIpc) is 2.25. The number of nitrogens with one attached hydrogen (secondary N) is 1. The van der Waals surface area contributed by atoms with Gasteiger partial charge in [-0.25, -0.2) is 0 Å². The van der Waals surface area contributed by atoms with E-state index in [2.05, 4.69) is 18.3 Å². The molecule has 3 heteroatoms. The highest BCUT2D eigenvalue weighted by atomic mass is 16.5. The molecule has 1 N–H and O–H groups in total. The fourth-order valence-corrected chi connectivity index (χ4v) is 2.16. The summed E-state index contributed by atoms with van der Waals surface area (Å²) in [5.41, 5.74) is 2.48. The predicted molar refractivity (Wildman–Crippen MR) is 64.0 cm³/mol. The third kappa shape index (κ3) is 1.93. The minimum Gasteiger partial charge on any atom is -0.496 e. The Kier molecular flexibility index (Phi) is 3.17. The topological polar surface area (TPSA) is 30.5 Å². The molecular weight excluding hydrogens is 202 g/mol. The van der Waals surface area contributed by atoms with E-state index in [0.717, 1.165) is 25.3 Å². The summed E-state index contributed by atoms with van der Waals surface area (Å²) < 4.78 is 11.0. The summed E-state index contributed by atoms with van der Waals surface area (Å²) >= 11 is 0. The Labute approximate surface area is 96.8 Å². The molecule has 88 valence electrons. The van der Waals surface area contributed by atoms with Gasteiger partial charge in [0.25, 0.3) is 0 Å². The van der Waals surface area contributed by atoms with Gasteiger partial charge >= 0.3 is 0 Å². The summed E-state index contributed by atoms with van der Waals surface area (Å²) in [6.07, 6.45) is 0.909. The van der Waals surface area contributed by atoms with Crippen LogP contribution in [0.5, 0.6) is 5.75 Å². The van der Waals surface area contributed by atoms with Crippen LogP contribution >= 0.6 is 0 Å². The molecule has 1 aliphatic rings. The normalized spacial score (nSPS) is 17.9. The van der Waals surface area contributed by atoms with Crippen molar-refractivity contribution in [2.24, 2.45) is 0 Å². The van der Waals surface area contributed by atoms with Crippen LogP contribution in [0.2, 0.25) is 0 Å². The molecule has 16 heavy (non-hydrogen) atoms. The molecule has 1 aromatic carbocycles. The zero-order chi connectivity index (χ0) is 11.6. The molecule has 0 bridgehead atoms. The molecule has 1 aromatic rings. The lowest BCUT2D eigenvalue weighted by atomic mass is 9.86. The molecule has 1 heterocycles. The maximum atomic E-state index is 5.61. The largest absolute Gasteiger partial charge is 0.496 e. The Hall–Kier alpha value is -1.06. The molecule has 1 fully saturated rings. The van der Waals surface area contributed by atoms with Gasteiger partial charge < -0.3 is 14.8 Å². The predicted octanol–water partition coefficient (Wildman–Crippen LogP) is 1.53. The zero-order valence-corrected chi connectivity index (χ0v) is 10.2. The Morgan fingerprint density at radius 2 is 2.06 bits per heavy atom. The first-order valence-electron chi connectivity index (χ1n) is 5.59. The van der Waals surface area contributed by atoms with Gasteiger partial charge in [-0.15, -0.1) is 0 Å². The maximum absolute atomic E-state index is 5.61. The van der Waals surface area contributed by atoms with Gasteiger partial charge in [0.2, 0.25) is 0 Å². The molecule has 0 radical (unpaired) electrons. The van der Waals surface area contributed by atoms with Crippen molar-refractivity contribution in [1.82, 2.24) is 5.32 Å². The molecular formula is C13H19NO2. The van der Waals surface area contributed by atoms with Crippen LogP contribution < -0.4 is 10.1 Å². The number of benzene rings is 1. The van der Waals surface area contributed by atoms with Crippen LogP contribution in [0.15, 0.2) is 18.2 Å². The van der Waals surface area contributed by atoms with Gasteiger partial charge in [0.05, 0.1) is 12.7 Å². The molecule has 1 saturated heterocycles. The van der Waals surface area contributed by atoms with Crippen LogP contribution in [0.4, 0.5) is 0 Å². The lowest BCUT2D eigenvalue weighted by Crippen LogP contribution is -2.62. The average molecular weight is 221 g/mol. The van der Waals surface area contributed by atoms with Crippen molar-refractivity contribution in [1.29, 1.82) is 0 Å². The van der Waals surface area contributed by atoms with Gasteiger partial charge in [0.1, 0.15) is 5.75 Å². The first kappa shape index (κ1) is 11.4. The summed E-state index contributed by atoms with van der Waals surface area (Å²) in [6.45, 7) is 3.95. The first-order valence-corrected chi connectivity index (χ1v) is 5.59. The van der Waals surface area contributed by atoms with Gasteiger partial charge in [-0.3, -0.25) is 0 Å². The van der Waals surface area contributed by atoms with Gasteiger partial charge in [-0.2, -0.15) is 0 Å². The van der Waals surface area contributed by atoms with E-state index < -0.39 is 0 Å². The molecule has 0 aliphatic carbocycles. The summed E-state index contributed by atoms with van der Waals surface area (Å²) in [5.74, 6) is 0.961. The van der Waals surface area contributed by atoms with Crippen LogP contribution in [0.3, 0.4) is 0 Å². The first-order chi connectivity index (χ1) is 7.71. The molecule has 0 saturated carbocycles. The van der Waals surface area contributed by atoms with Crippen molar-refractivity contribution in [3.8, 4) is 5.75 Å². The Morgan fingerprint density at radius 1 is 1.31 bits per heavy atom. The zero-order valence-electron chi connectivity index (χ0n) is 10.2. The molecule has 3 nitrogen and oxygen atoms in total. The molecule has 0 atom stereocenters. The minimum absolute atomic E-state index is 0.0423. The van der Waals surface area contributed by atoms with Crippen LogP contribution in [0.1, 0.15) is 11.1 Å². The minimum atomic E-state index is -0.0423. The van der Waals surface area contributed by atoms with Crippen molar-refractivity contribution in [2.75, 3.05) is 27.3 Å². The number of ether oxygens (including phenoxy) is 2. The quantitative estimate of drug-likeness (QED) is 0.836. The summed E-state index contributed by atoms with van der Waals surface area (Å²) in [7, 11) is 3.50. The van der Waals surface area contributed by atoms with Crippen molar-refractivity contribution in [3.63, 3.8) is 0 Å². The van der Waals surface area contributed by atoms with Crippen LogP contribution in [-0.4, -0.2) is 32.9 Å². The van der Waals surface area contributed by atoms with E-state index in [4.69, 9.17) is 9.47 Å². The maximum Gasteiger partial charge on any atom is 0.122 e. The molecule has 0 amide bonds. The van der Waals surface area contributed by atoms with Crippen molar-refractivity contribution in [2.45, 2.75) is 18.9 Å². The lowest BCUT2D eigenvalue weighted by molar-refractivity contribution is -0.0506. The SMILES string of the molecule is COc1cccc(C)c1CC1(OC)CNC1. The van der Waals surface area contributed by atoms with E-state index >= 15 is 0 Å². The Bertz CT molecular complexity index is 367. The highest BCUT2D eigenvalue weighted by molar-refractivity contribution is 5.41. The van der Waals surface area contributed by atoms with Crippen LogP contribution in [-0.2, 0) is 11.2 Å². The summed E-state index contributed by atoms with van der Waals surface area (Å²) in [5, 5.41) is 3.26. The van der Waals surface area contributed by atoms with E-state index in [0.29, 0.717) is 0 Å². The molecule has 1 aliphatic heterocycles. The van der Waals surface area contributed by atoms with Crippen molar-refractivity contribution in [3.05, 3.63) is 29.3 Å². The van der Waals surface area contributed by atoms with E-state index in [1.54, 1.807) is 14.2 Å². The number of methoxy groups -OCH3 is 2. The fraction of sp³-hybridized carbons (Fsp3) is 0.538. The number of hydrogen-bond donors (Lipinski definition) is 1. The highest BCUT2D eigenvalue weighted by Gasteiger charge is 2.38. The van der Waals surface area contributed by atoms with Gasteiger partial charge in [0.15, 0.2) is 0 Å². The lowest BCUT2D eigenvalue weighted by Gasteiger charge is -2.42. The smallest absolute Gasteiger partial charge is 0.122 e. The third-order valence-electron chi connectivity index (χ3n) is 3.41. The summed E-state index contributed by atoms with van der Waals surface area (Å²) in [6, 6.07) is 6.15. The standard InChI is InChI=1S/C13H19NO2/c1-10-5-4-6-12(15-2)11(10)7-13(16-3)8-14-9-13/h4-6,14H,7-9H2,1-3H3. The van der Waals surface area contributed by atoms with E-state index in [-0.39, 0.29) is 5.60 Å². The second-order valence-electron chi connectivity index (χ2n) is 4.42. The van der Waals surface area contributed by atoms with Crippen LogP contribution in [0, 0.1) is 6.92 Å². The Balaban J connectivity index is 2.26. The van der Waals surface area contributed by atoms with Crippen molar-refractivity contribution < 1.29 is 9.47 Å². The highest BCUT2D eigenvalue weighted by Crippen LogP contribution is 2.29. The van der Waals surface area contributed by atoms with E-state index in [1.165, 1.54) is 11.1 Å². The second kappa shape index (κ2) is 4.44. The number of hydrogen-bond acceptors (Lipinski definition) is 3. The van der Waals surface area contributed by atoms with E-state index in [9.17, 15) is 0 Å². The van der Waals surface area contributed by atoms with Gasteiger partial charge in [0, 0.05) is 26.6 Å². The number of rotatable bonds is 4. The summed E-state index contributed by atoms with van der Waals surface area (Å²) in [4.78, 5) is 0. The van der Waals surface area contributed by atoms with Crippen LogP contribution in [0.25, 0.3) is 0 Å². The molecule has 2 rings (SSSR count). The van der Waals surface area contributed by atoms with E-state index in [1.807, 2.05) is 12.1 Å². The molecule has 0 unspecified atom stereocenters. The molecule has 0 aromatic heterocycles. The van der Waals surface area contributed by atoms with Gasteiger partial charge in [-0.05, 0) is 24.1 Å². The second-order valence-corrected chi connectivity index (χ2v) is 4.42. The fourth-order valence-electron chi connectivity index (χ4n) is 2.16. The third-order valence-corrected chi connectivity index (χ3v) is 3.41. The van der Waals surface area contributed by atoms with Gasteiger partial charge in [-0.1, -0.05) is 12.1 Å². The Morgan fingerprint density at radius 3 is 2.56 bits per heavy atom.